The number of amides is 1. The molecule has 2 N–H and O–H groups in total. The molecule has 0 unspecified atom stereocenters. The Morgan fingerprint density at radius 2 is 1.86 bits per heavy atom. The number of aromatic nitrogens is 3. The Kier molecular flexibility index (Phi) is 4.72. The van der Waals surface area contributed by atoms with Crippen LogP contribution in [0.2, 0.25) is 0 Å². The van der Waals surface area contributed by atoms with Crippen LogP contribution in [0.25, 0.3) is 5.65 Å². The summed E-state index contributed by atoms with van der Waals surface area (Å²) in [6.45, 7) is 2.40. The highest BCUT2D eigenvalue weighted by atomic mass is 19.1. The Hall–Kier alpha value is -3.74. The van der Waals surface area contributed by atoms with Gasteiger partial charge in [-0.15, -0.1) is 5.10 Å². The molecule has 4 aromatic rings. The van der Waals surface area contributed by atoms with Gasteiger partial charge in [0.25, 0.3) is 5.91 Å². The second kappa shape index (κ2) is 7.48. The molecule has 0 aliphatic carbocycles. The van der Waals surface area contributed by atoms with E-state index in [2.05, 4.69) is 20.7 Å². The van der Waals surface area contributed by atoms with Crippen molar-refractivity contribution >= 4 is 23.1 Å². The van der Waals surface area contributed by atoms with Crippen LogP contribution >= 0.6 is 0 Å². The minimum Gasteiger partial charge on any atom is -0.364 e. The molecule has 4 rings (SSSR count). The van der Waals surface area contributed by atoms with E-state index in [1.54, 1.807) is 12.1 Å². The van der Waals surface area contributed by atoms with Gasteiger partial charge in [0.15, 0.2) is 11.3 Å². The summed E-state index contributed by atoms with van der Waals surface area (Å²) < 4.78 is 14.6. The minimum atomic E-state index is -0.292. The van der Waals surface area contributed by atoms with Crippen LogP contribution in [0.3, 0.4) is 0 Å². The number of hydrogen-bond acceptors (Lipinski definition) is 4. The van der Waals surface area contributed by atoms with E-state index in [0.717, 1.165) is 11.1 Å². The fourth-order valence-electron chi connectivity index (χ4n) is 2.84. The first kappa shape index (κ1) is 17.7. The van der Waals surface area contributed by atoms with E-state index in [4.69, 9.17) is 0 Å². The molecule has 0 aliphatic rings. The average Bonchev–Trinajstić information content (AvgIpc) is 3.11. The SMILES string of the molecule is Cc1cc2ncc(C(=O)Nc3ccccc3)n2nc1NCc1ccc(F)cc1. The summed E-state index contributed by atoms with van der Waals surface area (Å²) in [7, 11) is 0. The molecule has 0 atom stereocenters. The minimum absolute atomic E-state index is 0.271. The summed E-state index contributed by atoms with van der Waals surface area (Å²) in [5.41, 5.74) is 3.45. The third kappa shape index (κ3) is 3.68. The Morgan fingerprint density at radius 1 is 1.11 bits per heavy atom. The van der Waals surface area contributed by atoms with Gasteiger partial charge in [0.2, 0.25) is 0 Å². The van der Waals surface area contributed by atoms with Gasteiger partial charge in [-0.2, -0.15) is 0 Å². The lowest BCUT2D eigenvalue weighted by molar-refractivity contribution is 0.102. The number of fused-ring (bicyclic) bond motifs is 1. The van der Waals surface area contributed by atoms with Gasteiger partial charge in [-0.3, -0.25) is 4.79 Å². The maximum absolute atomic E-state index is 13.0. The zero-order chi connectivity index (χ0) is 19.5. The van der Waals surface area contributed by atoms with Crippen molar-refractivity contribution in [3.05, 3.63) is 89.5 Å². The summed E-state index contributed by atoms with van der Waals surface area (Å²) in [5.74, 6) is 0.0649. The molecule has 28 heavy (non-hydrogen) atoms. The fourth-order valence-corrected chi connectivity index (χ4v) is 2.84. The van der Waals surface area contributed by atoms with Crippen LogP contribution in [-0.2, 0) is 6.54 Å². The van der Waals surface area contributed by atoms with E-state index >= 15 is 0 Å². The normalized spacial score (nSPS) is 10.8. The lowest BCUT2D eigenvalue weighted by Gasteiger charge is -2.10. The quantitative estimate of drug-likeness (QED) is 0.552. The standard InChI is InChI=1S/C21H18FN5O/c1-14-11-19-23-13-18(21(28)25-17-5-3-2-4-6-17)27(19)26-20(14)24-12-15-7-9-16(22)10-8-15/h2-11,13H,12H2,1H3,(H,24,26)(H,25,28). The second-order valence-corrected chi connectivity index (χ2v) is 6.39. The van der Waals surface area contributed by atoms with E-state index in [9.17, 15) is 9.18 Å². The predicted molar refractivity (Wildman–Crippen MR) is 106 cm³/mol. The first-order chi connectivity index (χ1) is 13.6. The maximum atomic E-state index is 13.0. The van der Waals surface area contributed by atoms with Crippen molar-refractivity contribution in [3.8, 4) is 0 Å². The highest BCUT2D eigenvalue weighted by Crippen LogP contribution is 2.17. The summed E-state index contributed by atoms with van der Waals surface area (Å²) in [5, 5.41) is 10.6. The lowest BCUT2D eigenvalue weighted by atomic mass is 10.2. The monoisotopic (exact) mass is 375 g/mol. The molecule has 0 aliphatic heterocycles. The predicted octanol–water partition coefficient (Wildman–Crippen LogP) is 4.04. The Balaban J connectivity index is 1.58. The summed E-state index contributed by atoms with van der Waals surface area (Å²) in [4.78, 5) is 16.9. The largest absolute Gasteiger partial charge is 0.364 e. The number of nitrogens with zero attached hydrogens (tertiary/aromatic N) is 3. The molecule has 7 heteroatoms. The van der Waals surface area contributed by atoms with Crippen LogP contribution in [0, 0.1) is 12.7 Å². The van der Waals surface area contributed by atoms with Crippen molar-refractivity contribution in [1.82, 2.24) is 14.6 Å². The highest BCUT2D eigenvalue weighted by molar-refractivity contribution is 6.03. The van der Waals surface area contributed by atoms with Gasteiger partial charge in [0.05, 0.1) is 6.20 Å². The van der Waals surface area contributed by atoms with Crippen LogP contribution < -0.4 is 10.6 Å². The molecular weight excluding hydrogens is 357 g/mol. The smallest absolute Gasteiger partial charge is 0.276 e. The van der Waals surface area contributed by atoms with E-state index in [1.165, 1.54) is 22.8 Å². The molecule has 2 aromatic carbocycles. The molecule has 6 nitrogen and oxygen atoms in total. The van der Waals surface area contributed by atoms with Crippen LogP contribution in [0.1, 0.15) is 21.6 Å². The number of anilines is 2. The lowest BCUT2D eigenvalue weighted by Crippen LogP contribution is -2.16. The van der Waals surface area contributed by atoms with Crippen molar-refractivity contribution in [2.75, 3.05) is 10.6 Å². The number of halogens is 1. The average molecular weight is 375 g/mol. The first-order valence-corrected chi connectivity index (χ1v) is 8.80. The molecule has 2 aromatic heterocycles. The van der Waals surface area contributed by atoms with E-state index in [0.29, 0.717) is 29.4 Å². The van der Waals surface area contributed by atoms with Gasteiger partial charge in [-0.25, -0.2) is 13.9 Å². The van der Waals surface area contributed by atoms with Crippen LogP contribution in [-0.4, -0.2) is 20.5 Å². The van der Waals surface area contributed by atoms with Crippen molar-refractivity contribution < 1.29 is 9.18 Å². The van der Waals surface area contributed by atoms with Crippen LogP contribution in [0.5, 0.6) is 0 Å². The van der Waals surface area contributed by atoms with Gasteiger partial charge < -0.3 is 10.6 Å². The summed E-state index contributed by atoms with van der Waals surface area (Å²) in [6.07, 6.45) is 1.50. The summed E-state index contributed by atoms with van der Waals surface area (Å²) >= 11 is 0. The molecule has 1 amide bonds. The Bertz CT molecular complexity index is 1120. The highest BCUT2D eigenvalue weighted by Gasteiger charge is 2.15. The van der Waals surface area contributed by atoms with Crippen molar-refractivity contribution in [2.45, 2.75) is 13.5 Å². The molecule has 0 saturated heterocycles. The zero-order valence-corrected chi connectivity index (χ0v) is 15.2. The first-order valence-electron chi connectivity index (χ1n) is 8.80. The van der Waals surface area contributed by atoms with E-state index in [-0.39, 0.29) is 11.7 Å². The van der Waals surface area contributed by atoms with Gasteiger partial charge in [0.1, 0.15) is 11.6 Å². The van der Waals surface area contributed by atoms with Crippen LogP contribution in [0.15, 0.2) is 66.9 Å². The molecule has 0 spiro atoms. The van der Waals surface area contributed by atoms with Gasteiger partial charge in [0, 0.05) is 12.2 Å². The van der Waals surface area contributed by atoms with Gasteiger partial charge >= 0.3 is 0 Å². The number of benzene rings is 2. The third-order valence-corrected chi connectivity index (χ3v) is 4.32. The Morgan fingerprint density at radius 3 is 2.61 bits per heavy atom. The van der Waals surface area contributed by atoms with Crippen molar-refractivity contribution in [1.29, 1.82) is 0 Å². The second-order valence-electron chi connectivity index (χ2n) is 6.39. The third-order valence-electron chi connectivity index (χ3n) is 4.32. The number of carbonyl (C=O) groups excluding carboxylic acids is 1. The van der Waals surface area contributed by atoms with Gasteiger partial charge in [-0.05, 0) is 48.4 Å². The Labute approximate surface area is 161 Å². The maximum Gasteiger partial charge on any atom is 0.276 e. The number of para-hydroxylation sites is 1. The van der Waals surface area contributed by atoms with Crippen LogP contribution in [0.4, 0.5) is 15.9 Å². The topological polar surface area (TPSA) is 71.3 Å². The fraction of sp³-hybridized carbons (Fsp3) is 0.0952. The number of imidazole rings is 1. The van der Waals surface area contributed by atoms with Crippen molar-refractivity contribution in [2.24, 2.45) is 0 Å². The molecule has 0 fully saturated rings. The number of nitrogens with one attached hydrogen (secondary N) is 2. The number of rotatable bonds is 5. The molecular formula is C21H18FN5O. The summed E-state index contributed by atoms with van der Waals surface area (Å²) in [6, 6.07) is 17.3. The molecule has 0 radical (unpaired) electrons. The molecule has 140 valence electrons. The number of carbonyl (C=O) groups is 1. The van der Waals surface area contributed by atoms with E-state index < -0.39 is 0 Å². The zero-order valence-electron chi connectivity index (χ0n) is 15.2. The molecule has 2 heterocycles. The number of aryl methyl sites for hydroxylation is 1. The van der Waals surface area contributed by atoms with E-state index in [1.807, 2.05) is 43.3 Å². The molecule has 0 saturated carbocycles. The van der Waals surface area contributed by atoms with Crippen molar-refractivity contribution in [3.63, 3.8) is 0 Å². The molecule has 0 bridgehead atoms. The number of hydrogen-bond donors (Lipinski definition) is 2. The van der Waals surface area contributed by atoms with Gasteiger partial charge in [-0.1, -0.05) is 30.3 Å².